The standard InChI is InChI=1S/C16H23NO/c18-15-11-14-7-4-8-16(14)17(12-15)10-9-13-5-2-1-3-6-13/h1-3,5-6,14-16,18H,4,7-12H2/t14-,15+,16-/m1/s1. The van der Waals surface area contributed by atoms with Crippen molar-refractivity contribution in [2.24, 2.45) is 5.92 Å². The van der Waals surface area contributed by atoms with Gasteiger partial charge >= 0.3 is 0 Å². The molecular formula is C16H23NO. The Morgan fingerprint density at radius 2 is 2.00 bits per heavy atom. The minimum Gasteiger partial charge on any atom is -0.392 e. The molecule has 2 heteroatoms. The fourth-order valence-corrected chi connectivity index (χ4v) is 3.78. The van der Waals surface area contributed by atoms with Gasteiger partial charge in [0.2, 0.25) is 0 Å². The van der Waals surface area contributed by atoms with Gasteiger partial charge in [0.1, 0.15) is 0 Å². The lowest BCUT2D eigenvalue weighted by Crippen LogP contribution is -2.49. The van der Waals surface area contributed by atoms with E-state index in [0.29, 0.717) is 0 Å². The molecule has 1 N–H and O–H groups in total. The first-order valence-electron chi connectivity index (χ1n) is 7.29. The van der Waals surface area contributed by atoms with Crippen molar-refractivity contribution in [3.63, 3.8) is 0 Å². The van der Waals surface area contributed by atoms with E-state index in [4.69, 9.17) is 0 Å². The third-order valence-corrected chi connectivity index (χ3v) is 4.64. The van der Waals surface area contributed by atoms with Gasteiger partial charge in [0.05, 0.1) is 6.10 Å². The van der Waals surface area contributed by atoms with Crippen LogP contribution in [-0.4, -0.2) is 35.2 Å². The van der Waals surface area contributed by atoms with Gasteiger partial charge in [-0.1, -0.05) is 36.8 Å². The summed E-state index contributed by atoms with van der Waals surface area (Å²) in [6.07, 6.45) is 6.06. The van der Waals surface area contributed by atoms with Crippen LogP contribution in [0.25, 0.3) is 0 Å². The lowest BCUT2D eigenvalue weighted by atomic mass is 9.90. The summed E-state index contributed by atoms with van der Waals surface area (Å²) in [5.74, 6) is 0.754. The van der Waals surface area contributed by atoms with Crippen LogP contribution >= 0.6 is 0 Å². The zero-order valence-corrected chi connectivity index (χ0v) is 11.0. The van der Waals surface area contributed by atoms with Crippen molar-refractivity contribution in [3.05, 3.63) is 35.9 Å². The molecule has 1 saturated carbocycles. The number of aliphatic hydroxyl groups is 1. The van der Waals surface area contributed by atoms with Crippen molar-refractivity contribution in [1.82, 2.24) is 4.90 Å². The molecule has 1 aromatic rings. The molecule has 1 aliphatic heterocycles. The first-order chi connectivity index (χ1) is 8.83. The second kappa shape index (κ2) is 5.41. The molecule has 1 heterocycles. The molecule has 1 aliphatic carbocycles. The molecule has 2 fully saturated rings. The van der Waals surface area contributed by atoms with Crippen LogP contribution in [0.5, 0.6) is 0 Å². The highest BCUT2D eigenvalue weighted by Crippen LogP contribution is 2.36. The number of likely N-dealkylation sites (tertiary alicyclic amines) is 1. The molecule has 2 nitrogen and oxygen atoms in total. The zero-order valence-electron chi connectivity index (χ0n) is 11.0. The predicted octanol–water partition coefficient (Wildman–Crippen LogP) is 2.46. The molecule has 1 saturated heterocycles. The lowest BCUT2D eigenvalue weighted by Gasteiger charge is -2.40. The van der Waals surface area contributed by atoms with Crippen molar-refractivity contribution in [2.75, 3.05) is 13.1 Å². The largest absolute Gasteiger partial charge is 0.392 e. The number of nitrogens with zero attached hydrogens (tertiary/aromatic N) is 1. The minimum atomic E-state index is -0.0971. The molecule has 0 amide bonds. The molecule has 0 unspecified atom stereocenters. The molecular weight excluding hydrogens is 222 g/mol. The van der Waals surface area contributed by atoms with Gasteiger partial charge in [-0.25, -0.2) is 0 Å². The maximum Gasteiger partial charge on any atom is 0.0670 e. The molecule has 0 radical (unpaired) electrons. The Morgan fingerprint density at radius 1 is 1.17 bits per heavy atom. The van der Waals surface area contributed by atoms with E-state index in [2.05, 4.69) is 35.2 Å². The Kier molecular flexibility index (Phi) is 3.67. The zero-order chi connectivity index (χ0) is 12.4. The van der Waals surface area contributed by atoms with E-state index in [0.717, 1.165) is 37.9 Å². The maximum absolute atomic E-state index is 9.98. The number of benzene rings is 1. The van der Waals surface area contributed by atoms with Gasteiger partial charge in [-0.15, -0.1) is 0 Å². The monoisotopic (exact) mass is 245 g/mol. The molecule has 18 heavy (non-hydrogen) atoms. The van der Waals surface area contributed by atoms with E-state index >= 15 is 0 Å². The highest BCUT2D eigenvalue weighted by molar-refractivity contribution is 5.15. The van der Waals surface area contributed by atoms with Crippen LogP contribution in [0.15, 0.2) is 30.3 Å². The van der Waals surface area contributed by atoms with Gasteiger partial charge in [0.25, 0.3) is 0 Å². The normalized spacial score (nSPS) is 32.4. The number of hydrogen-bond donors (Lipinski definition) is 1. The second-order valence-corrected chi connectivity index (χ2v) is 5.88. The average Bonchev–Trinajstić information content (AvgIpc) is 2.85. The Balaban J connectivity index is 1.61. The summed E-state index contributed by atoms with van der Waals surface area (Å²) in [5.41, 5.74) is 1.41. The number of β-amino-alcohol motifs (C(OH)–C–C–N with tert-alkyl or cyclic N) is 1. The van der Waals surface area contributed by atoms with Gasteiger partial charge < -0.3 is 5.11 Å². The maximum atomic E-state index is 9.98. The van der Waals surface area contributed by atoms with Crippen molar-refractivity contribution in [3.8, 4) is 0 Å². The van der Waals surface area contributed by atoms with E-state index in [1.807, 2.05) is 0 Å². The molecule has 0 aromatic heterocycles. The third kappa shape index (κ3) is 2.60. The summed E-state index contributed by atoms with van der Waals surface area (Å²) in [6.45, 7) is 1.98. The van der Waals surface area contributed by atoms with Crippen molar-refractivity contribution < 1.29 is 5.11 Å². The number of piperidine rings is 1. The van der Waals surface area contributed by atoms with Crippen molar-refractivity contribution >= 4 is 0 Å². The lowest BCUT2D eigenvalue weighted by molar-refractivity contribution is 0.0108. The van der Waals surface area contributed by atoms with Crippen LogP contribution < -0.4 is 0 Å². The van der Waals surface area contributed by atoms with Crippen molar-refractivity contribution in [2.45, 2.75) is 44.2 Å². The molecule has 3 rings (SSSR count). The van der Waals surface area contributed by atoms with Crippen LogP contribution in [0.1, 0.15) is 31.2 Å². The smallest absolute Gasteiger partial charge is 0.0670 e. The Labute approximate surface area is 110 Å². The van der Waals surface area contributed by atoms with E-state index in [1.165, 1.54) is 24.8 Å². The summed E-state index contributed by atoms with van der Waals surface area (Å²) < 4.78 is 0. The first-order valence-corrected chi connectivity index (χ1v) is 7.29. The number of hydrogen-bond acceptors (Lipinski definition) is 2. The summed E-state index contributed by atoms with van der Waals surface area (Å²) >= 11 is 0. The molecule has 2 aliphatic rings. The van der Waals surface area contributed by atoms with E-state index in [1.54, 1.807) is 0 Å². The SMILES string of the molecule is O[C@H]1C[C@H]2CCC[C@H]2N(CCc2ccccc2)C1. The van der Waals surface area contributed by atoms with Gasteiger partial charge in [0.15, 0.2) is 0 Å². The predicted molar refractivity (Wildman–Crippen MR) is 73.5 cm³/mol. The highest BCUT2D eigenvalue weighted by Gasteiger charge is 2.37. The Morgan fingerprint density at radius 3 is 2.83 bits per heavy atom. The van der Waals surface area contributed by atoms with Gasteiger partial charge in [-0.3, -0.25) is 4.90 Å². The minimum absolute atomic E-state index is 0.0971. The summed E-state index contributed by atoms with van der Waals surface area (Å²) in [6, 6.07) is 11.4. The van der Waals surface area contributed by atoms with Gasteiger partial charge in [-0.05, 0) is 37.2 Å². The number of aliphatic hydroxyl groups excluding tert-OH is 1. The average molecular weight is 245 g/mol. The fourth-order valence-electron chi connectivity index (χ4n) is 3.78. The van der Waals surface area contributed by atoms with E-state index < -0.39 is 0 Å². The van der Waals surface area contributed by atoms with Crippen LogP contribution in [-0.2, 0) is 6.42 Å². The van der Waals surface area contributed by atoms with Crippen LogP contribution in [0.4, 0.5) is 0 Å². The fraction of sp³-hybridized carbons (Fsp3) is 0.625. The molecule has 3 atom stereocenters. The molecule has 0 bridgehead atoms. The summed E-state index contributed by atoms with van der Waals surface area (Å²) in [4.78, 5) is 2.54. The quantitative estimate of drug-likeness (QED) is 0.884. The number of rotatable bonds is 3. The Hall–Kier alpha value is -0.860. The highest BCUT2D eigenvalue weighted by atomic mass is 16.3. The van der Waals surface area contributed by atoms with E-state index in [9.17, 15) is 5.11 Å². The number of fused-ring (bicyclic) bond motifs is 1. The molecule has 98 valence electrons. The van der Waals surface area contributed by atoms with Crippen LogP contribution in [0.3, 0.4) is 0 Å². The summed E-state index contributed by atoms with van der Waals surface area (Å²) in [5, 5.41) is 9.98. The molecule has 1 aromatic carbocycles. The Bertz CT molecular complexity index is 378. The van der Waals surface area contributed by atoms with Gasteiger partial charge in [0, 0.05) is 19.1 Å². The van der Waals surface area contributed by atoms with Crippen molar-refractivity contribution in [1.29, 1.82) is 0 Å². The topological polar surface area (TPSA) is 23.5 Å². The second-order valence-electron chi connectivity index (χ2n) is 5.88. The third-order valence-electron chi connectivity index (χ3n) is 4.64. The van der Waals surface area contributed by atoms with Crippen LogP contribution in [0.2, 0.25) is 0 Å². The first kappa shape index (κ1) is 12.2. The van der Waals surface area contributed by atoms with Gasteiger partial charge in [-0.2, -0.15) is 0 Å². The summed E-state index contributed by atoms with van der Waals surface area (Å²) in [7, 11) is 0. The van der Waals surface area contributed by atoms with Crippen LogP contribution in [0, 0.1) is 5.92 Å². The van der Waals surface area contributed by atoms with E-state index in [-0.39, 0.29) is 6.10 Å². The molecule has 0 spiro atoms.